The van der Waals surface area contributed by atoms with Crippen LogP contribution in [-0.2, 0) is 17.9 Å². The third-order valence-electron chi connectivity index (χ3n) is 5.88. The first kappa shape index (κ1) is 24.3. The number of aliphatic imine (C=N–C) groups is 1. The number of pyridine rings is 1. The molecule has 8 heteroatoms. The van der Waals surface area contributed by atoms with Gasteiger partial charge in [0, 0.05) is 50.6 Å². The number of hydrogen-bond acceptors (Lipinski definition) is 4. The molecular weight excluding hydrogens is 517 g/mol. The van der Waals surface area contributed by atoms with Crippen LogP contribution in [0.25, 0.3) is 0 Å². The third kappa shape index (κ3) is 6.34. The van der Waals surface area contributed by atoms with E-state index in [0.717, 1.165) is 48.6 Å². The summed E-state index contributed by atoms with van der Waals surface area (Å²) in [4.78, 5) is 22.5. The molecule has 1 amide bonds. The summed E-state index contributed by atoms with van der Waals surface area (Å²) < 4.78 is 6.12. The van der Waals surface area contributed by atoms with Crippen molar-refractivity contribution in [2.75, 3.05) is 18.5 Å². The molecule has 2 N–H and O–H groups in total. The van der Waals surface area contributed by atoms with Crippen LogP contribution in [0, 0.1) is 0 Å². The highest BCUT2D eigenvalue weighted by Crippen LogP contribution is 2.25. The summed E-state index contributed by atoms with van der Waals surface area (Å²) in [5.41, 5.74) is 3.13. The second-order valence-corrected chi connectivity index (χ2v) is 8.09. The number of nitrogens with one attached hydrogen (secondary N) is 2. The average molecular weight is 549 g/mol. The monoisotopic (exact) mass is 549 g/mol. The molecule has 1 saturated carbocycles. The van der Waals surface area contributed by atoms with Gasteiger partial charge in [-0.2, -0.15) is 0 Å². The maximum Gasteiger partial charge on any atom is 0.227 e. The zero-order chi connectivity index (χ0) is 21.5. The lowest BCUT2D eigenvalue weighted by Crippen LogP contribution is -2.36. The molecule has 2 aromatic rings. The molecule has 1 aliphatic heterocycles. The number of rotatable bonds is 7. The highest BCUT2D eigenvalue weighted by Gasteiger charge is 2.21. The number of benzene rings is 1. The van der Waals surface area contributed by atoms with E-state index in [-0.39, 0.29) is 36.0 Å². The fourth-order valence-electron chi connectivity index (χ4n) is 4.13. The van der Waals surface area contributed by atoms with Gasteiger partial charge in [-0.25, -0.2) is 4.98 Å². The number of carbonyl (C=O) groups is 1. The fourth-order valence-corrected chi connectivity index (χ4v) is 4.13. The first-order valence-electron chi connectivity index (χ1n) is 11.2. The molecule has 1 saturated heterocycles. The topological polar surface area (TPSA) is 78.9 Å². The number of guanidine groups is 1. The van der Waals surface area contributed by atoms with E-state index in [1.807, 2.05) is 29.2 Å². The second kappa shape index (κ2) is 12.0. The van der Waals surface area contributed by atoms with Crippen molar-refractivity contribution in [1.29, 1.82) is 0 Å². The number of anilines is 1. The lowest BCUT2D eigenvalue weighted by molar-refractivity contribution is -0.117. The summed E-state index contributed by atoms with van der Waals surface area (Å²) >= 11 is 0. The summed E-state index contributed by atoms with van der Waals surface area (Å²) in [7, 11) is 1.76. The zero-order valence-electron chi connectivity index (χ0n) is 18.5. The van der Waals surface area contributed by atoms with E-state index < -0.39 is 0 Å². The predicted octanol–water partition coefficient (Wildman–Crippen LogP) is 4.01. The van der Waals surface area contributed by atoms with E-state index in [0.29, 0.717) is 25.4 Å². The van der Waals surface area contributed by atoms with Crippen molar-refractivity contribution in [2.24, 2.45) is 4.99 Å². The number of nitrogens with zero attached hydrogens (tertiary/aromatic N) is 3. The smallest absolute Gasteiger partial charge is 0.227 e. The Bertz CT molecular complexity index is 913. The van der Waals surface area contributed by atoms with Crippen molar-refractivity contribution in [2.45, 2.75) is 57.7 Å². The standard InChI is InChI=1S/C24H31N5O2.HI/c1-25-24(27-16-18-10-12-20(13-11-18)29-15-5-9-22(29)30)28-17-19-6-4-14-26-23(19)31-21-7-2-3-8-21;/h4,6,10-14,21H,2-3,5,7-9,15-17H2,1H3,(H2,25,27,28);1H. The number of carbonyl (C=O) groups excluding carboxylic acids is 1. The average Bonchev–Trinajstić information content (AvgIpc) is 3.47. The Kier molecular flexibility index (Phi) is 9.13. The number of halogens is 1. The number of hydrogen-bond donors (Lipinski definition) is 2. The Balaban J connectivity index is 0.00000289. The predicted molar refractivity (Wildman–Crippen MR) is 138 cm³/mol. The zero-order valence-corrected chi connectivity index (χ0v) is 20.9. The van der Waals surface area contributed by atoms with Crippen molar-refractivity contribution < 1.29 is 9.53 Å². The van der Waals surface area contributed by atoms with Crippen LogP contribution in [0.4, 0.5) is 5.69 Å². The van der Waals surface area contributed by atoms with Crippen LogP contribution in [0.1, 0.15) is 49.7 Å². The van der Waals surface area contributed by atoms with Gasteiger partial charge in [0.25, 0.3) is 0 Å². The van der Waals surface area contributed by atoms with Crippen molar-refractivity contribution >= 4 is 41.5 Å². The van der Waals surface area contributed by atoms with Gasteiger partial charge in [-0.1, -0.05) is 18.2 Å². The largest absolute Gasteiger partial charge is 0.474 e. The molecule has 2 fully saturated rings. The summed E-state index contributed by atoms with van der Waals surface area (Å²) in [6.45, 7) is 2.05. The molecule has 0 radical (unpaired) electrons. The number of ether oxygens (including phenoxy) is 1. The second-order valence-electron chi connectivity index (χ2n) is 8.09. The Morgan fingerprint density at radius 2 is 1.88 bits per heavy atom. The van der Waals surface area contributed by atoms with E-state index >= 15 is 0 Å². The van der Waals surface area contributed by atoms with Gasteiger partial charge in [-0.05, 0) is 55.9 Å². The minimum Gasteiger partial charge on any atom is -0.474 e. The van der Waals surface area contributed by atoms with Gasteiger partial charge in [-0.15, -0.1) is 24.0 Å². The van der Waals surface area contributed by atoms with Gasteiger partial charge in [0.05, 0.1) is 0 Å². The normalized spacial score (nSPS) is 16.7. The highest BCUT2D eigenvalue weighted by molar-refractivity contribution is 14.0. The van der Waals surface area contributed by atoms with Crippen molar-refractivity contribution in [3.05, 3.63) is 53.7 Å². The van der Waals surface area contributed by atoms with Crippen LogP contribution >= 0.6 is 24.0 Å². The van der Waals surface area contributed by atoms with Gasteiger partial charge >= 0.3 is 0 Å². The molecule has 1 aromatic carbocycles. The Hall–Kier alpha value is -2.36. The van der Waals surface area contributed by atoms with Crippen LogP contribution < -0.4 is 20.3 Å². The van der Waals surface area contributed by atoms with Crippen LogP contribution in [0.2, 0.25) is 0 Å². The summed E-state index contributed by atoms with van der Waals surface area (Å²) in [6, 6.07) is 12.1. The van der Waals surface area contributed by atoms with Gasteiger partial charge in [0.1, 0.15) is 6.10 Å². The molecular formula is C24H32IN5O2. The van der Waals surface area contributed by atoms with E-state index in [1.165, 1.54) is 12.8 Å². The lowest BCUT2D eigenvalue weighted by Gasteiger charge is -2.17. The molecule has 0 unspecified atom stereocenters. The molecule has 2 heterocycles. The third-order valence-corrected chi connectivity index (χ3v) is 5.88. The van der Waals surface area contributed by atoms with E-state index in [9.17, 15) is 4.79 Å². The summed E-state index contributed by atoms with van der Waals surface area (Å²) in [5.74, 6) is 1.64. The SMILES string of the molecule is CN=C(NCc1ccc(N2CCCC2=O)cc1)NCc1cccnc1OC1CCCC1.I. The molecule has 4 rings (SSSR count). The summed E-state index contributed by atoms with van der Waals surface area (Å²) in [6.07, 6.45) is 8.33. The fraction of sp³-hybridized carbons (Fsp3) is 0.458. The van der Waals surface area contributed by atoms with Crippen LogP contribution in [0.15, 0.2) is 47.6 Å². The van der Waals surface area contributed by atoms with Crippen LogP contribution in [-0.4, -0.2) is 36.5 Å². The van der Waals surface area contributed by atoms with E-state index in [2.05, 4.69) is 32.7 Å². The number of aromatic nitrogens is 1. The van der Waals surface area contributed by atoms with Crippen LogP contribution in [0.3, 0.4) is 0 Å². The van der Waals surface area contributed by atoms with Gasteiger partial charge in [0.15, 0.2) is 5.96 Å². The van der Waals surface area contributed by atoms with Crippen molar-refractivity contribution in [3.8, 4) is 5.88 Å². The van der Waals surface area contributed by atoms with Gasteiger partial charge < -0.3 is 20.3 Å². The van der Waals surface area contributed by atoms with Crippen LogP contribution in [0.5, 0.6) is 5.88 Å². The van der Waals surface area contributed by atoms with Crippen molar-refractivity contribution in [1.82, 2.24) is 15.6 Å². The first-order chi connectivity index (χ1) is 15.2. The molecule has 32 heavy (non-hydrogen) atoms. The first-order valence-corrected chi connectivity index (χ1v) is 11.2. The molecule has 0 atom stereocenters. The molecule has 7 nitrogen and oxygen atoms in total. The summed E-state index contributed by atoms with van der Waals surface area (Å²) in [5, 5.41) is 6.69. The van der Waals surface area contributed by atoms with Crippen molar-refractivity contribution in [3.63, 3.8) is 0 Å². The Morgan fingerprint density at radius 3 is 2.56 bits per heavy atom. The number of amides is 1. The van der Waals surface area contributed by atoms with E-state index in [4.69, 9.17) is 4.74 Å². The molecule has 0 spiro atoms. The molecule has 2 aliphatic rings. The Morgan fingerprint density at radius 1 is 1.12 bits per heavy atom. The Labute approximate surface area is 207 Å². The molecule has 1 aromatic heterocycles. The molecule has 172 valence electrons. The highest BCUT2D eigenvalue weighted by atomic mass is 127. The minimum atomic E-state index is 0. The molecule has 0 bridgehead atoms. The quantitative estimate of drug-likeness (QED) is 0.310. The maximum absolute atomic E-state index is 11.9. The van der Waals surface area contributed by atoms with E-state index in [1.54, 1.807) is 13.2 Å². The maximum atomic E-state index is 11.9. The van der Waals surface area contributed by atoms with Gasteiger partial charge in [0.2, 0.25) is 11.8 Å². The lowest BCUT2D eigenvalue weighted by atomic mass is 10.2. The molecule has 1 aliphatic carbocycles. The minimum absolute atomic E-state index is 0. The van der Waals surface area contributed by atoms with Gasteiger partial charge in [-0.3, -0.25) is 9.79 Å².